The first-order valence-corrected chi connectivity index (χ1v) is 7.41. The highest BCUT2D eigenvalue weighted by Crippen LogP contribution is 2.25. The molecule has 7 heteroatoms. The maximum Gasteiger partial charge on any atom is 0.264 e. The SMILES string of the molecule is Cc1cc(N)cc(S(=O)(=O)Nc2ccccc2C#N)c1F. The van der Waals surface area contributed by atoms with Crippen molar-refractivity contribution < 1.29 is 12.8 Å². The van der Waals surface area contributed by atoms with Gasteiger partial charge >= 0.3 is 0 Å². The van der Waals surface area contributed by atoms with Crippen LogP contribution < -0.4 is 10.5 Å². The summed E-state index contributed by atoms with van der Waals surface area (Å²) < 4.78 is 40.8. The van der Waals surface area contributed by atoms with Crippen molar-refractivity contribution in [3.05, 3.63) is 53.3 Å². The molecule has 0 aliphatic carbocycles. The molecule has 0 unspecified atom stereocenters. The van der Waals surface area contributed by atoms with Gasteiger partial charge in [0.15, 0.2) is 0 Å². The smallest absolute Gasteiger partial charge is 0.264 e. The van der Waals surface area contributed by atoms with Gasteiger partial charge in [-0.15, -0.1) is 0 Å². The zero-order valence-corrected chi connectivity index (χ0v) is 11.9. The zero-order chi connectivity index (χ0) is 15.6. The van der Waals surface area contributed by atoms with E-state index in [-0.39, 0.29) is 22.5 Å². The monoisotopic (exact) mass is 305 g/mol. The van der Waals surface area contributed by atoms with Gasteiger partial charge in [0.2, 0.25) is 0 Å². The molecule has 0 bridgehead atoms. The first-order valence-electron chi connectivity index (χ1n) is 5.92. The van der Waals surface area contributed by atoms with Crippen LogP contribution in [-0.2, 0) is 10.0 Å². The van der Waals surface area contributed by atoms with Gasteiger partial charge in [-0.25, -0.2) is 12.8 Å². The van der Waals surface area contributed by atoms with Crippen molar-refractivity contribution in [1.29, 1.82) is 5.26 Å². The van der Waals surface area contributed by atoms with Gasteiger partial charge < -0.3 is 5.73 Å². The molecule has 0 spiro atoms. The number of para-hydroxylation sites is 1. The van der Waals surface area contributed by atoms with Crippen LogP contribution in [0.3, 0.4) is 0 Å². The van der Waals surface area contributed by atoms with Crippen molar-refractivity contribution in [2.45, 2.75) is 11.8 Å². The molecule has 2 aromatic carbocycles. The summed E-state index contributed by atoms with van der Waals surface area (Å²) in [7, 11) is -4.18. The second-order valence-corrected chi connectivity index (χ2v) is 6.06. The summed E-state index contributed by atoms with van der Waals surface area (Å²) in [5.74, 6) is -0.869. The Hall–Kier alpha value is -2.59. The first-order chi connectivity index (χ1) is 9.85. The van der Waals surface area contributed by atoms with Crippen LogP contribution in [0.15, 0.2) is 41.3 Å². The number of halogens is 1. The lowest BCUT2D eigenvalue weighted by atomic mass is 10.2. The zero-order valence-electron chi connectivity index (χ0n) is 11.1. The second-order valence-electron chi connectivity index (χ2n) is 4.41. The van der Waals surface area contributed by atoms with E-state index in [0.29, 0.717) is 0 Å². The molecule has 0 fully saturated rings. The summed E-state index contributed by atoms with van der Waals surface area (Å²) in [4.78, 5) is -0.548. The lowest BCUT2D eigenvalue weighted by molar-refractivity contribution is 0.565. The Morgan fingerprint density at radius 3 is 2.62 bits per heavy atom. The lowest BCUT2D eigenvalue weighted by Crippen LogP contribution is -2.16. The Kier molecular flexibility index (Phi) is 3.82. The number of nitrogens with two attached hydrogens (primary N) is 1. The molecule has 3 N–H and O–H groups in total. The summed E-state index contributed by atoms with van der Waals surface area (Å²) in [6.45, 7) is 1.42. The third-order valence-electron chi connectivity index (χ3n) is 2.82. The van der Waals surface area contributed by atoms with E-state index < -0.39 is 20.7 Å². The number of nitrogens with one attached hydrogen (secondary N) is 1. The Balaban J connectivity index is 2.52. The topological polar surface area (TPSA) is 96.0 Å². The molecule has 0 saturated heterocycles. The Morgan fingerprint density at radius 1 is 1.29 bits per heavy atom. The standard InChI is InChI=1S/C14H12FN3O2S/c1-9-6-11(17)7-13(14(9)15)21(19,20)18-12-5-3-2-4-10(12)8-16/h2-7,18H,17H2,1H3. The number of rotatable bonds is 3. The molecule has 2 rings (SSSR count). The number of nitriles is 1. The first kappa shape index (κ1) is 14.8. The van der Waals surface area contributed by atoms with E-state index in [1.165, 1.54) is 25.1 Å². The van der Waals surface area contributed by atoms with Gasteiger partial charge in [-0.1, -0.05) is 12.1 Å². The highest BCUT2D eigenvalue weighted by atomic mass is 32.2. The molecule has 108 valence electrons. The predicted molar refractivity (Wildman–Crippen MR) is 77.5 cm³/mol. The molecule has 5 nitrogen and oxygen atoms in total. The van der Waals surface area contributed by atoms with E-state index in [2.05, 4.69) is 4.72 Å². The van der Waals surface area contributed by atoms with Crippen LogP contribution in [0.2, 0.25) is 0 Å². The number of benzene rings is 2. The van der Waals surface area contributed by atoms with Crippen molar-refractivity contribution in [1.82, 2.24) is 0 Å². The summed E-state index contributed by atoms with van der Waals surface area (Å²) in [6.07, 6.45) is 0. The van der Waals surface area contributed by atoms with Crippen LogP contribution in [0.25, 0.3) is 0 Å². The number of hydrogen-bond acceptors (Lipinski definition) is 4. The van der Waals surface area contributed by atoms with Gasteiger partial charge in [0.1, 0.15) is 16.8 Å². The van der Waals surface area contributed by atoms with Gasteiger partial charge in [-0.05, 0) is 36.8 Å². The van der Waals surface area contributed by atoms with Crippen LogP contribution in [-0.4, -0.2) is 8.42 Å². The highest BCUT2D eigenvalue weighted by molar-refractivity contribution is 7.92. The van der Waals surface area contributed by atoms with E-state index in [4.69, 9.17) is 11.0 Å². The minimum atomic E-state index is -4.18. The molecule has 0 saturated carbocycles. The van der Waals surface area contributed by atoms with Crippen molar-refractivity contribution in [2.75, 3.05) is 10.5 Å². The molecule has 0 radical (unpaired) electrons. The van der Waals surface area contributed by atoms with Crippen LogP contribution in [0.4, 0.5) is 15.8 Å². The number of sulfonamides is 1. The molecule has 0 aromatic heterocycles. The predicted octanol–water partition coefficient (Wildman–Crippen LogP) is 2.39. The Labute approximate surface area is 121 Å². The fraction of sp³-hybridized carbons (Fsp3) is 0.0714. The Bertz CT molecular complexity index is 842. The van der Waals surface area contributed by atoms with Crippen LogP contribution in [0.1, 0.15) is 11.1 Å². The van der Waals surface area contributed by atoms with Crippen molar-refractivity contribution in [2.24, 2.45) is 0 Å². The van der Waals surface area contributed by atoms with Gasteiger partial charge in [0.05, 0.1) is 11.3 Å². The molecular formula is C14H12FN3O2S. The maximum absolute atomic E-state index is 14.0. The molecule has 0 amide bonds. The average Bonchev–Trinajstić information content (AvgIpc) is 2.43. The van der Waals surface area contributed by atoms with Gasteiger partial charge in [-0.3, -0.25) is 4.72 Å². The highest BCUT2D eigenvalue weighted by Gasteiger charge is 2.22. The summed E-state index contributed by atoms with van der Waals surface area (Å²) in [5.41, 5.74) is 6.06. The number of aryl methyl sites for hydroxylation is 1. The quantitative estimate of drug-likeness (QED) is 0.851. The molecule has 2 aromatic rings. The number of anilines is 2. The minimum Gasteiger partial charge on any atom is -0.399 e. The van der Waals surface area contributed by atoms with Gasteiger partial charge in [-0.2, -0.15) is 5.26 Å². The number of nitrogens with zero attached hydrogens (tertiary/aromatic N) is 1. The minimum absolute atomic E-state index is 0.0828. The molecule has 0 aliphatic heterocycles. The van der Waals surface area contributed by atoms with Gasteiger partial charge in [0.25, 0.3) is 10.0 Å². The van der Waals surface area contributed by atoms with E-state index in [1.54, 1.807) is 12.1 Å². The van der Waals surface area contributed by atoms with Gasteiger partial charge in [0, 0.05) is 5.69 Å². The summed E-state index contributed by atoms with van der Waals surface area (Å²) >= 11 is 0. The van der Waals surface area contributed by atoms with Crippen molar-refractivity contribution >= 4 is 21.4 Å². The maximum atomic E-state index is 14.0. The molecule has 0 atom stereocenters. The number of hydrogen-bond donors (Lipinski definition) is 2. The average molecular weight is 305 g/mol. The molecular weight excluding hydrogens is 293 g/mol. The third-order valence-corrected chi connectivity index (χ3v) is 4.19. The second kappa shape index (κ2) is 5.42. The van der Waals surface area contributed by atoms with E-state index in [0.717, 1.165) is 6.07 Å². The van der Waals surface area contributed by atoms with Crippen LogP contribution in [0, 0.1) is 24.1 Å². The lowest BCUT2D eigenvalue weighted by Gasteiger charge is -2.11. The largest absolute Gasteiger partial charge is 0.399 e. The van der Waals surface area contributed by atoms with E-state index in [1.807, 2.05) is 6.07 Å². The fourth-order valence-corrected chi connectivity index (χ4v) is 3.09. The van der Waals surface area contributed by atoms with Crippen LogP contribution >= 0.6 is 0 Å². The van der Waals surface area contributed by atoms with E-state index in [9.17, 15) is 12.8 Å². The number of nitrogen functional groups attached to an aromatic ring is 1. The Morgan fingerprint density at radius 2 is 1.95 bits per heavy atom. The van der Waals surface area contributed by atoms with Crippen molar-refractivity contribution in [3.8, 4) is 6.07 Å². The normalized spacial score (nSPS) is 10.9. The summed E-state index contributed by atoms with van der Waals surface area (Å²) in [5, 5.41) is 8.95. The summed E-state index contributed by atoms with van der Waals surface area (Å²) in [6, 6.07) is 10.3. The third kappa shape index (κ3) is 2.95. The fourth-order valence-electron chi connectivity index (χ4n) is 1.83. The van der Waals surface area contributed by atoms with Crippen molar-refractivity contribution in [3.63, 3.8) is 0 Å². The molecule has 0 aliphatic rings. The molecule has 0 heterocycles. The van der Waals surface area contributed by atoms with Crippen LogP contribution in [0.5, 0.6) is 0 Å². The molecule has 21 heavy (non-hydrogen) atoms. The van der Waals surface area contributed by atoms with E-state index >= 15 is 0 Å².